The van der Waals surface area contributed by atoms with Crippen LogP contribution < -0.4 is 10.6 Å². The molecule has 0 aromatic heterocycles. The molecule has 1 unspecified atom stereocenters. The molecule has 1 amide bonds. The van der Waals surface area contributed by atoms with Crippen LogP contribution in [0.3, 0.4) is 0 Å². The van der Waals surface area contributed by atoms with Gasteiger partial charge in [0, 0.05) is 25.2 Å². The molecule has 0 bridgehead atoms. The van der Waals surface area contributed by atoms with Crippen molar-refractivity contribution >= 4 is 5.91 Å². The van der Waals surface area contributed by atoms with Gasteiger partial charge in [-0.1, -0.05) is 35.9 Å². The van der Waals surface area contributed by atoms with Crippen LogP contribution in [0.2, 0.25) is 0 Å². The van der Waals surface area contributed by atoms with Crippen molar-refractivity contribution in [2.75, 3.05) is 26.3 Å². The summed E-state index contributed by atoms with van der Waals surface area (Å²) in [6.07, 6.45) is 0. The molecule has 128 valence electrons. The molecule has 1 saturated heterocycles. The monoisotopic (exact) mass is 334 g/mol. The van der Waals surface area contributed by atoms with Crippen molar-refractivity contribution in [1.29, 1.82) is 5.26 Å². The lowest BCUT2D eigenvalue weighted by atomic mass is 9.98. The molecule has 5 heteroatoms. The minimum absolute atomic E-state index is 0.0721. The van der Waals surface area contributed by atoms with Gasteiger partial charge in [0.1, 0.15) is 0 Å². The summed E-state index contributed by atoms with van der Waals surface area (Å²) in [6.45, 7) is 4.90. The van der Waals surface area contributed by atoms with Crippen molar-refractivity contribution in [2.24, 2.45) is 0 Å². The number of nitriles is 1. The number of hydrogen-bond acceptors (Lipinski definition) is 4. The number of carbonyl (C=O) groups excluding carboxylic acids is 1. The Hall–Kier alpha value is -2.68. The van der Waals surface area contributed by atoms with E-state index in [1.54, 1.807) is 0 Å². The van der Waals surface area contributed by atoms with Gasteiger partial charge >= 0.3 is 0 Å². The molecule has 25 heavy (non-hydrogen) atoms. The van der Waals surface area contributed by atoms with Gasteiger partial charge in [0.15, 0.2) is 0 Å². The van der Waals surface area contributed by atoms with E-state index in [0.717, 1.165) is 30.8 Å². The van der Waals surface area contributed by atoms with Crippen LogP contribution in [-0.4, -0.2) is 37.1 Å². The second-order valence-electron chi connectivity index (χ2n) is 6.26. The first-order valence-electron chi connectivity index (χ1n) is 8.47. The molecule has 5 nitrogen and oxygen atoms in total. The molecule has 2 aromatic carbocycles. The third kappa shape index (κ3) is 4.05. The molecule has 0 aliphatic carbocycles. The van der Waals surface area contributed by atoms with Crippen molar-refractivity contribution in [3.05, 3.63) is 70.8 Å². The quantitative estimate of drug-likeness (QED) is 0.899. The number of amides is 1. The van der Waals surface area contributed by atoms with Crippen molar-refractivity contribution in [3.63, 3.8) is 0 Å². The molecule has 0 radical (unpaired) electrons. The number of nitrogens with one attached hydrogen (secondary N) is 2. The lowest BCUT2D eigenvalue weighted by Crippen LogP contribution is -2.50. The number of carbonyl (C=O) groups is 1. The average Bonchev–Trinajstić information content (AvgIpc) is 2.67. The van der Waals surface area contributed by atoms with Gasteiger partial charge in [-0.05, 0) is 30.7 Å². The highest BCUT2D eigenvalue weighted by molar-refractivity contribution is 5.94. The number of aryl methyl sites for hydroxylation is 1. The maximum absolute atomic E-state index is 12.4. The first-order valence-corrected chi connectivity index (χ1v) is 8.47. The predicted molar refractivity (Wildman–Crippen MR) is 97.0 cm³/mol. The Bertz CT molecular complexity index is 779. The summed E-state index contributed by atoms with van der Waals surface area (Å²) in [5.74, 6) is -0.0779. The van der Waals surface area contributed by atoms with Gasteiger partial charge in [0.2, 0.25) is 0 Å². The van der Waals surface area contributed by atoms with Crippen LogP contribution in [0.1, 0.15) is 33.1 Å². The minimum Gasteiger partial charge on any atom is -0.339 e. The fourth-order valence-corrected chi connectivity index (χ4v) is 3.11. The van der Waals surface area contributed by atoms with Gasteiger partial charge in [0.25, 0.3) is 5.91 Å². The lowest BCUT2D eigenvalue weighted by molar-refractivity contribution is 0.0879. The number of hydrogen-bond donors (Lipinski definition) is 2. The number of nitrogens with zero attached hydrogens (tertiary/aromatic N) is 2. The maximum atomic E-state index is 12.4. The van der Waals surface area contributed by atoms with Crippen LogP contribution in [0, 0.1) is 18.3 Å². The lowest BCUT2D eigenvalue weighted by Gasteiger charge is -2.36. The van der Waals surface area contributed by atoms with E-state index in [0.29, 0.717) is 17.8 Å². The molecule has 2 N–H and O–H groups in total. The zero-order valence-corrected chi connectivity index (χ0v) is 14.3. The molecule has 0 saturated carbocycles. The van der Waals surface area contributed by atoms with Gasteiger partial charge in [-0.3, -0.25) is 9.69 Å². The highest BCUT2D eigenvalue weighted by atomic mass is 16.1. The third-order valence-electron chi connectivity index (χ3n) is 4.55. The van der Waals surface area contributed by atoms with Gasteiger partial charge in [-0.15, -0.1) is 0 Å². The van der Waals surface area contributed by atoms with Crippen LogP contribution in [0.5, 0.6) is 0 Å². The summed E-state index contributed by atoms with van der Waals surface area (Å²) in [4.78, 5) is 14.6. The summed E-state index contributed by atoms with van der Waals surface area (Å²) < 4.78 is 0. The molecule has 1 fully saturated rings. The summed E-state index contributed by atoms with van der Waals surface area (Å²) >= 11 is 0. The number of benzene rings is 2. The van der Waals surface area contributed by atoms with Crippen LogP contribution in [0.4, 0.5) is 0 Å². The SMILES string of the molecule is Cc1ccc(C(=O)NCN2CCNCC2c2ccccc2C#N)cc1. The zero-order valence-electron chi connectivity index (χ0n) is 14.3. The van der Waals surface area contributed by atoms with E-state index in [1.807, 2.05) is 55.5 Å². The first kappa shape index (κ1) is 17.2. The van der Waals surface area contributed by atoms with Crippen molar-refractivity contribution in [3.8, 4) is 6.07 Å². The van der Waals surface area contributed by atoms with E-state index >= 15 is 0 Å². The molecule has 1 aliphatic heterocycles. The largest absolute Gasteiger partial charge is 0.339 e. The molecule has 0 spiro atoms. The number of rotatable bonds is 4. The van der Waals surface area contributed by atoms with Crippen LogP contribution in [0.15, 0.2) is 48.5 Å². The number of piperazine rings is 1. The van der Waals surface area contributed by atoms with Crippen LogP contribution >= 0.6 is 0 Å². The molecule has 2 aromatic rings. The second kappa shape index (κ2) is 7.93. The first-order chi connectivity index (χ1) is 12.2. The Morgan fingerprint density at radius 2 is 2.04 bits per heavy atom. The minimum atomic E-state index is -0.0779. The average molecular weight is 334 g/mol. The smallest absolute Gasteiger partial charge is 0.252 e. The van der Waals surface area contributed by atoms with Crippen molar-refractivity contribution in [2.45, 2.75) is 13.0 Å². The molecule has 1 aliphatic rings. The van der Waals surface area contributed by atoms with Gasteiger partial charge in [-0.25, -0.2) is 0 Å². The summed E-state index contributed by atoms with van der Waals surface area (Å²) in [5.41, 5.74) is 3.48. The topological polar surface area (TPSA) is 68.2 Å². The Morgan fingerprint density at radius 3 is 2.80 bits per heavy atom. The Labute approximate surface area is 148 Å². The Morgan fingerprint density at radius 1 is 1.28 bits per heavy atom. The molecular weight excluding hydrogens is 312 g/mol. The maximum Gasteiger partial charge on any atom is 0.252 e. The summed E-state index contributed by atoms with van der Waals surface area (Å²) in [5, 5.41) is 15.7. The molecule has 3 rings (SSSR count). The van der Waals surface area contributed by atoms with Crippen molar-refractivity contribution < 1.29 is 4.79 Å². The fourth-order valence-electron chi connectivity index (χ4n) is 3.11. The van der Waals surface area contributed by atoms with Gasteiger partial charge in [-0.2, -0.15) is 5.26 Å². The molecule has 1 atom stereocenters. The van der Waals surface area contributed by atoms with E-state index in [1.165, 1.54) is 0 Å². The van der Waals surface area contributed by atoms with Crippen LogP contribution in [-0.2, 0) is 0 Å². The van der Waals surface area contributed by atoms with Crippen molar-refractivity contribution in [1.82, 2.24) is 15.5 Å². The fraction of sp³-hybridized carbons (Fsp3) is 0.300. The molecule has 1 heterocycles. The van der Waals surface area contributed by atoms with Gasteiger partial charge < -0.3 is 10.6 Å². The van der Waals surface area contributed by atoms with E-state index in [9.17, 15) is 10.1 Å². The van der Waals surface area contributed by atoms with Crippen LogP contribution in [0.25, 0.3) is 0 Å². The zero-order chi connectivity index (χ0) is 17.6. The Kier molecular flexibility index (Phi) is 5.44. The standard InChI is InChI=1S/C20H22N4O/c1-15-6-8-16(9-7-15)20(25)23-14-24-11-10-22-13-19(24)18-5-3-2-4-17(18)12-21/h2-9,19,22H,10-11,13-14H2,1H3,(H,23,25). The second-order valence-corrected chi connectivity index (χ2v) is 6.26. The van der Waals surface area contributed by atoms with E-state index < -0.39 is 0 Å². The third-order valence-corrected chi connectivity index (χ3v) is 4.55. The molecular formula is C20H22N4O. The van der Waals surface area contributed by atoms with E-state index in [-0.39, 0.29) is 11.9 Å². The van der Waals surface area contributed by atoms with Gasteiger partial charge in [0.05, 0.1) is 24.3 Å². The van der Waals surface area contributed by atoms with E-state index in [2.05, 4.69) is 21.6 Å². The summed E-state index contributed by atoms with van der Waals surface area (Å²) in [7, 11) is 0. The highest BCUT2D eigenvalue weighted by Gasteiger charge is 2.25. The normalized spacial score (nSPS) is 17.7. The van der Waals surface area contributed by atoms with E-state index in [4.69, 9.17) is 0 Å². The summed E-state index contributed by atoms with van der Waals surface area (Å²) in [6, 6.07) is 17.5. The highest BCUT2D eigenvalue weighted by Crippen LogP contribution is 2.24. The Balaban J connectivity index is 1.70. The predicted octanol–water partition coefficient (Wildman–Crippen LogP) is 2.20.